The molecule has 1 aromatic heterocycles. The Morgan fingerprint density at radius 1 is 1.26 bits per heavy atom. The topological polar surface area (TPSA) is 127 Å². The monoisotopic (exact) mass is 521 g/mol. The first-order valence-corrected chi connectivity index (χ1v) is 12.3. The van der Waals surface area contributed by atoms with Crippen LogP contribution in [-0.4, -0.2) is 36.7 Å². The lowest BCUT2D eigenvalue weighted by atomic mass is 9.94. The lowest BCUT2D eigenvalue weighted by molar-refractivity contribution is -0.135. The SMILES string of the molecule is O=C(NO)C1(NS(=O)(=O)c2ccc(OCc3ccc(Cl)cc3F)cc2)COC(c2cccnc2)C1. The average molecular weight is 522 g/mol. The lowest BCUT2D eigenvalue weighted by Gasteiger charge is -2.26. The highest BCUT2D eigenvalue weighted by Crippen LogP contribution is 2.36. The van der Waals surface area contributed by atoms with Gasteiger partial charge in [-0.2, -0.15) is 4.72 Å². The Morgan fingerprint density at radius 2 is 2.03 bits per heavy atom. The van der Waals surface area contributed by atoms with Gasteiger partial charge in [-0.1, -0.05) is 23.7 Å². The van der Waals surface area contributed by atoms with E-state index < -0.39 is 33.4 Å². The molecule has 35 heavy (non-hydrogen) atoms. The van der Waals surface area contributed by atoms with Crippen LogP contribution < -0.4 is 14.9 Å². The number of aromatic nitrogens is 1. The zero-order valence-electron chi connectivity index (χ0n) is 18.1. The summed E-state index contributed by atoms with van der Waals surface area (Å²) in [4.78, 5) is 16.4. The van der Waals surface area contributed by atoms with Crippen LogP contribution in [0.15, 0.2) is 71.9 Å². The molecule has 2 atom stereocenters. The maximum absolute atomic E-state index is 13.9. The predicted molar refractivity (Wildman–Crippen MR) is 123 cm³/mol. The van der Waals surface area contributed by atoms with Crippen LogP contribution in [0.5, 0.6) is 5.75 Å². The third-order valence-electron chi connectivity index (χ3n) is 5.53. The number of hydrogen-bond donors (Lipinski definition) is 3. The molecule has 12 heteroatoms. The Balaban J connectivity index is 1.48. The van der Waals surface area contributed by atoms with Crippen molar-refractivity contribution >= 4 is 27.5 Å². The molecule has 0 radical (unpaired) electrons. The fourth-order valence-electron chi connectivity index (χ4n) is 3.67. The van der Waals surface area contributed by atoms with Crippen LogP contribution in [0.2, 0.25) is 5.02 Å². The zero-order chi connectivity index (χ0) is 25.1. The molecule has 3 aromatic rings. The van der Waals surface area contributed by atoms with Crippen molar-refractivity contribution in [1.82, 2.24) is 15.2 Å². The first-order chi connectivity index (χ1) is 16.7. The van der Waals surface area contributed by atoms with Gasteiger partial charge in [0.15, 0.2) is 0 Å². The molecule has 0 bridgehead atoms. The number of rotatable bonds is 8. The summed E-state index contributed by atoms with van der Waals surface area (Å²) in [6.07, 6.45) is 2.47. The van der Waals surface area contributed by atoms with Crippen LogP contribution in [0.1, 0.15) is 23.7 Å². The predicted octanol–water partition coefficient (Wildman–Crippen LogP) is 3.14. The number of ether oxygens (including phenoxy) is 2. The van der Waals surface area contributed by atoms with Gasteiger partial charge in [0.25, 0.3) is 5.91 Å². The second-order valence-corrected chi connectivity index (χ2v) is 10.0. The third-order valence-corrected chi connectivity index (χ3v) is 7.32. The maximum Gasteiger partial charge on any atom is 0.267 e. The Morgan fingerprint density at radius 3 is 2.69 bits per heavy atom. The fraction of sp³-hybridized carbons (Fsp3) is 0.217. The van der Waals surface area contributed by atoms with Crippen molar-refractivity contribution in [3.8, 4) is 5.75 Å². The number of carbonyl (C=O) groups excluding carboxylic acids is 1. The number of nitrogens with one attached hydrogen (secondary N) is 2. The molecule has 0 aliphatic carbocycles. The van der Waals surface area contributed by atoms with E-state index in [1.54, 1.807) is 24.5 Å². The molecule has 4 rings (SSSR count). The van der Waals surface area contributed by atoms with Crippen LogP contribution in [0.25, 0.3) is 0 Å². The second kappa shape index (κ2) is 10.3. The minimum atomic E-state index is -4.21. The van der Waals surface area contributed by atoms with Gasteiger partial charge in [0.1, 0.15) is 23.7 Å². The summed E-state index contributed by atoms with van der Waals surface area (Å²) in [6.45, 7) is -0.383. The fourth-order valence-corrected chi connectivity index (χ4v) is 5.19. The molecule has 1 aliphatic heterocycles. The highest BCUT2D eigenvalue weighted by molar-refractivity contribution is 7.89. The first kappa shape index (κ1) is 25.0. The molecule has 184 valence electrons. The number of carbonyl (C=O) groups is 1. The molecule has 1 saturated heterocycles. The standard InChI is InChI=1S/C23H21ClFN3O6S/c24-17-4-3-16(20(25)10-17)13-33-18-5-7-19(8-6-18)35(31,32)28-23(22(29)27-30)11-21(34-14-23)15-2-1-9-26-12-15/h1-10,12,21,28,30H,11,13-14H2,(H,27,29). The van der Waals surface area contributed by atoms with E-state index in [4.69, 9.17) is 21.1 Å². The molecule has 2 aromatic carbocycles. The van der Waals surface area contributed by atoms with Gasteiger partial charge in [-0.3, -0.25) is 15.0 Å². The van der Waals surface area contributed by atoms with Crippen LogP contribution in [0.3, 0.4) is 0 Å². The smallest absolute Gasteiger partial charge is 0.267 e. The van der Waals surface area contributed by atoms with E-state index in [0.717, 1.165) is 0 Å². The number of sulfonamides is 1. The minimum absolute atomic E-state index is 0.0574. The molecular weight excluding hydrogens is 501 g/mol. The number of pyridine rings is 1. The van der Waals surface area contributed by atoms with Crippen LogP contribution >= 0.6 is 11.6 Å². The summed E-state index contributed by atoms with van der Waals surface area (Å²) in [6, 6.07) is 13.0. The summed E-state index contributed by atoms with van der Waals surface area (Å²) in [5.74, 6) is -1.16. The molecule has 9 nitrogen and oxygen atoms in total. The van der Waals surface area contributed by atoms with Gasteiger partial charge in [0.2, 0.25) is 10.0 Å². The minimum Gasteiger partial charge on any atom is -0.489 e. The van der Waals surface area contributed by atoms with E-state index in [-0.39, 0.29) is 35.1 Å². The lowest BCUT2D eigenvalue weighted by Crippen LogP contribution is -2.58. The van der Waals surface area contributed by atoms with E-state index in [9.17, 15) is 22.8 Å². The van der Waals surface area contributed by atoms with Crippen LogP contribution in [0, 0.1) is 5.82 Å². The van der Waals surface area contributed by atoms with Crippen molar-refractivity contribution < 1.29 is 32.3 Å². The number of hydrogen-bond acceptors (Lipinski definition) is 7. The zero-order valence-corrected chi connectivity index (χ0v) is 19.7. The molecule has 2 unspecified atom stereocenters. The average Bonchev–Trinajstić information content (AvgIpc) is 3.28. The highest BCUT2D eigenvalue weighted by atomic mass is 35.5. The Hall–Kier alpha value is -3.09. The van der Waals surface area contributed by atoms with Crippen molar-refractivity contribution in [3.05, 3.63) is 89.0 Å². The Kier molecular flexibility index (Phi) is 7.33. The van der Waals surface area contributed by atoms with Crippen molar-refractivity contribution in [2.75, 3.05) is 6.61 Å². The van der Waals surface area contributed by atoms with E-state index in [1.165, 1.54) is 47.9 Å². The molecule has 2 heterocycles. The number of benzene rings is 2. The van der Waals surface area contributed by atoms with Gasteiger partial charge >= 0.3 is 0 Å². The van der Waals surface area contributed by atoms with Gasteiger partial charge in [-0.25, -0.2) is 18.3 Å². The Bertz CT molecular complexity index is 1310. The summed E-state index contributed by atoms with van der Waals surface area (Å²) >= 11 is 5.74. The van der Waals surface area contributed by atoms with Crippen LogP contribution in [-0.2, 0) is 26.2 Å². The van der Waals surface area contributed by atoms with Gasteiger partial charge in [0.05, 0.1) is 17.6 Å². The molecule has 1 aliphatic rings. The van der Waals surface area contributed by atoms with Gasteiger partial charge in [-0.05, 0) is 48.0 Å². The number of hydroxylamine groups is 1. The second-order valence-electron chi connectivity index (χ2n) is 7.91. The van der Waals surface area contributed by atoms with Gasteiger partial charge in [-0.15, -0.1) is 0 Å². The number of halogens is 2. The maximum atomic E-state index is 13.9. The number of amides is 1. The first-order valence-electron chi connectivity index (χ1n) is 10.4. The van der Waals surface area contributed by atoms with E-state index in [2.05, 4.69) is 9.71 Å². The van der Waals surface area contributed by atoms with Gasteiger partial charge < -0.3 is 9.47 Å². The highest BCUT2D eigenvalue weighted by Gasteiger charge is 2.49. The molecule has 3 N–H and O–H groups in total. The van der Waals surface area contributed by atoms with E-state index in [1.807, 2.05) is 0 Å². The third kappa shape index (κ3) is 5.60. The summed E-state index contributed by atoms with van der Waals surface area (Å²) < 4.78 is 53.7. The Labute approximate surface area is 205 Å². The van der Waals surface area contributed by atoms with Crippen molar-refractivity contribution in [2.24, 2.45) is 0 Å². The van der Waals surface area contributed by atoms with Crippen LogP contribution in [0.4, 0.5) is 4.39 Å². The quantitative estimate of drug-likeness (QED) is 0.307. The van der Waals surface area contributed by atoms with Gasteiger partial charge in [0, 0.05) is 29.4 Å². The molecular formula is C23H21ClFN3O6S. The van der Waals surface area contributed by atoms with Crippen molar-refractivity contribution in [1.29, 1.82) is 0 Å². The molecule has 0 saturated carbocycles. The summed E-state index contributed by atoms with van der Waals surface area (Å²) in [7, 11) is -4.21. The largest absolute Gasteiger partial charge is 0.489 e. The normalized spacial score (nSPS) is 19.9. The number of nitrogens with zero attached hydrogens (tertiary/aromatic N) is 1. The molecule has 1 amide bonds. The summed E-state index contributed by atoms with van der Waals surface area (Å²) in [5.41, 5.74) is 0.733. The van der Waals surface area contributed by atoms with Crippen molar-refractivity contribution in [3.63, 3.8) is 0 Å². The molecule has 0 spiro atoms. The molecule has 1 fully saturated rings. The van der Waals surface area contributed by atoms with E-state index in [0.29, 0.717) is 11.3 Å². The summed E-state index contributed by atoms with van der Waals surface area (Å²) in [5, 5.41) is 9.52. The van der Waals surface area contributed by atoms with Crippen molar-refractivity contribution in [2.45, 2.75) is 29.6 Å². The van der Waals surface area contributed by atoms with E-state index >= 15 is 0 Å².